The number of hydrogen-bond acceptors (Lipinski definition) is 3. The molecule has 124 valence electrons. The zero-order valence-electron chi connectivity index (χ0n) is 13.8. The highest BCUT2D eigenvalue weighted by molar-refractivity contribution is 5.79. The van der Waals surface area contributed by atoms with Crippen LogP contribution in [0.25, 0.3) is 0 Å². The van der Waals surface area contributed by atoms with Crippen molar-refractivity contribution in [2.45, 2.75) is 50.8 Å². The quantitative estimate of drug-likeness (QED) is 0.923. The number of rotatable bonds is 4. The first-order chi connectivity index (χ1) is 11.2. The molecular formula is C19H26N2O2. The summed E-state index contributed by atoms with van der Waals surface area (Å²) in [7, 11) is 0. The van der Waals surface area contributed by atoms with E-state index in [4.69, 9.17) is 4.74 Å². The van der Waals surface area contributed by atoms with E-state index in [0.29, 0.717) is 18.6 Å². The average Bonchev–Trinajstić information content (AvgIpc) is 3.27. The Hall–Kier alpha value is -1.39. The van der Waals surface area contributed by atoms with Gasteiger partial charge in [0.1, 0.15) is 0 Å². The molecule has 2 aliphatic heterocycles. The lowest BCUT2D eigenvalue weighted by Gasteiger charge is -2.35. The van der Waals surface area contributed by atoms with Crippen LogP contribution in [0.2, 0.25) is 0 Å². The van der Waals surface area contributed by atoms with E-state index in [1.54, 1.807) is 0 Å². The number of carbonyl (C=O) groups excluding carboxylic acids is 1. The number of nitrogens with zero attached hydrogens (tertiary/aromatic N) is 1. The van der Waals surface area contributed by atoms with Crippen LogP contribution < -0.4 is 5.32 Å². The maximum Gasteiger partial charge on any atom is 0.224 e. The molecule has 0 radical (unpaired) electrons. The predicted molar refractivity (Wildman–Crippen MR) is 89.3 cm³/mol. The van der Waals surface area contributed by atoms with Gasteiger partial charge in [0.2, 0.25) is 5.91 Å². The van der Waals surface area contributed by atoms with Gasteiger partial charge in [-0.25, -0.2) is 0 Å². The maximum atomic E-state index is 12.3. The highest BCUT2D eigenvalue weighted by Gasteiger charge is 2.42. The minimum absolute atomic E-state index is 0.139. The Morgan fingerprint density at radius 2 is 2.22 bits per heavy atom. The summed E-state index contributed by atoms with van der Waals surface area (Å²) >= 11 is 0. The lowest BCUT2D eigenvalue weighted by atomic mass is 10.1. The van der Waals surface area contributed by atoms with Gasteiger partial charge < -0.3 is 10.1 Å². The summed E-state index contributed by atoms with van der Waals surface area (Å²) in [5, 5.41) is 3.23. The van der Waals surface area contributed by atoms with Crippen LogP contribution >= 0.6 is 0 Å². The Morgan fingerprint density at radius 3 is 3.00 bits per heavy atom. The van der Waals surface area contributed by atoms with Crippen LogP contribution in [0.4, 0.5) is 0 Å². The molecule has 0 bridgehead atoms. The normalized spacial score (nSPS) is 30.9. The van der Waals surface area contributed by atoms with Crippen LogP contribution in [0, 0.1) is 12.8 Å². The Labute approximate surface area is 138 Å². The number of nitrogens with one attached hydrogen (secondary N) is 1. The van der Waals surface area contributed by atoms with E-state index >= 15 is 0 Å². The van der Waals surface area contributed by atoms with Crippen LogP contribution in [0.15, 0.2) is 24.3 Å². The fraction of sp³-hybridized carbons (Fsp3) is 0.632. The topological polar surface area (TPSA) is 41.6 Å². The number of aryl methyl sites for hydroxylation is 1. The van der Waals surface area contributed by atoms with Gasteiger partial charge in [-0.1, -0.05) is 29.8 Å². The van der Waals surface area contributed by atoms with Crippen molar-refractivity contribution in [3.63, 3.8) is 0 Å². The molecule has 0 unspecified atom stereocenters. The van der Waals surface area contributed by atoms with E-state index in [0.717, 1.165) is 37.6 Å². The molecule has 4 rings (SSSR count). The smallest absolute Gasteiger partial charge is 0.224 e. The molecule has 3 aliphatic rings. The SMILES string of the molecule is Cc1cccc(CC(=O)N[C@H]2C[C@H]3CO[C@@H](C4CC4)CN3C2)c1. The van der Waals surface area contributed by atoms with E-state index < -0.39 is 0 Å². The third kappa shape index (κ3) is 3.59. The fourth-order valence-electron chi connectivity index (χ4n) is 4.04. The number of morpholine rings is 1. The molecule has 1 N–H and O–H groups in total. The molecule has 2 saturated heterocycles. The van der Waals surface area contributed by atoms with Gasteiger partial charge in [-0.2, -0.15) is 0 Å². The third-order valence-electron chi connectivity index (χ3n) is 5.41. The van der Waals surface area contributed by atoms with E-state index in [-0.39, 0.29) is 11.9 Å². The van der Waals surface area contributed by atoms with Crippen molar-refractivity contribution in [2.75, 3.05) is 19.7 Å². The zero-order chi connectivity index (χ0) is 15.8. The second-order valence-corrected chi connectivity index (χ2v) is 7.48. The number of fused-ring (bicyclic) bond motifs is 1. The van der Waals surface area contributed by atoms with Gasteiger partial charge in [0, 0.05) is 25.2 Å². The van der Waals surface area contributed by atoms with Crippen molar-refractivity contribution in [1.82, 2.24) is 10.2 Å². The minimum Gasteiger partial charge on any atom is -0.375 e. The molecule has 23 heavy (non-hydrogen) atoms. The van der Waals surface area contributed by atoms with Gasteiger partial charge in [-0.15, -0.1) is 0 Å². The standard InChI is InChI=1S/C19H26N2O2/c1-13-3-2-4-14(7-13)8-19(22)20-16-9-17-12-23-18(15-5-6-15)11-21(17)10-16/h2-4,7,15-18H,5-6,8-12H2,1H3,(H,20,22)/t16-,17-,18+/m0/s1. The van der Waals surface area contributed by atoms with E-state index in [1.807, 2.05) is 12.1 Å². The van der Waals surface area contributed by atoms with Gasteiger partial charge in [-0.3, -0.25) is 9.69 Å². The van der Waals surface area contributed by atoms with Crippen molar-refractivity contribution < 1.29 is 9.53 Å². The van der Waals surface area contributed by atoms with Crippen LogP contribution in [0.3, 0.4) is 0 Å². The summed E-state index contributed by atoms with van der Waals surface area (Å²) in [5.41, 5.74) is 2.30. The Morgan fingerprint density at radius 1 is 1.35 bits per heavy atom. The Kier molecular flexibility index (Phi) is 4.12. The minimum atomic E-state index is 0.139. The van der Waals surface area contributed by atoms with Gasteiger partial charge in [0.05, 0.1) is 19.1 Å². The highest BCUT2D eigenvalue weighted by Crippen LogP contribution is 2.37. The summed E-state index contributed by atoms with van der Waals surface area (Å²) < 4.78 is 6.02. The molecule has 0 spiro atoms. The van der Waals surface area contributed by atoms with E-state index in [1.165, 1.54) is 18.4 Å². The predicted octanol–water partition coefficient (Wildman–Crippen LogP) is 1.91. The van der Waals surface area contributed by atoms with Crippen LogP contribution in [0.5, 0.6) is 0 Å². The first-order valence-corrected chi connectivity index (χ1v) is 8.88. The Balaban J connectivity index is 1.29. The van der Waals surface area contributed by atoms with Crippen molar-refractivity contribution in [1.29, 1.82) is 0 Å². The molecule has 3 fully saturated rings. The fourth-order valence-corrected chi connectivity index (χ4v) is 4.04. The molecule has 2 heterocycles. The molecular weight excluding hydrogens is 288 g/mol. The van der Waals surface area contributed by atoms with E-state index in [9.17, 15) is 4.79 Å². The molecule has 1 aliphatic carbocycles. The highest BCUT2D eigenvalue weighted by atomic mass is 16.5. The first kappa shape index (κ1) is 15.2. The van der Waals surface area contributed by atoms with Gasteiger partial charge in [0.25, 0.3) is 0 Å². The molecule has 0 aromatic heterocycles. The van der Waals surface area contributed by atoms with Gasteiger partial charge in [0.15, 0.2) is 0 Å². The molecule has 1 amide bonds. The Bertz CT molecular complexity index is 584. The molecule has 1 aromatic carbocycles. The monoisotopic (exact) mass is 314 g/mol. The summed E-state index contributed by atoms with van der Waals surface area (Å²) in [5.74, 6) is 0.936. The number of benzene rings is 1. The lowest BCUT2D eigenvalue weighted by molar-refractivity contribution is -0.121. The number of hydrogen-bond donors (Lipinski definition) is 1. The zero-order valence-corrected chi connectivity index (χ0v) is 13.8. The largest absolute Gasteiger partial charge is 0.375 e. The summed E-state index contributed by atoms with van der Waals surface area (Å²) in [6.07, 6.45) is 4.61. The first-order valence-electron chi connectivity index (χ1n) is 8.88. The number of carbonyl (C=O) groups is 1. The summed E-state index contributed by atoms with van der Waals surface area (Å²) in [6, 6.07) is 8.97. The lowest BCUT2D eigenvalue weighted by Crippen LogP contribution is -2.47. The molecule has 4 nitrogen and oxygen atoms in total. The van der Waals surface area contributed by atoms with Crippen LogP contribution in [0.1, 0.15) is 30.4 Å². The number of amides is 1. The summed E-state index contributed by atoms with van der Waals surface area (Å²) in [4.78, 5) is 14.8. The van der Waals surface area contributed by atoms with Crippen molar-refractivity contribution in [3.05, 3.63) is 35.4 Å². The number of ether oxygens (including phenoxy) is 1. The third-order valence-corrected chi connectivity index (χ3v) is 5.41. The molecule has 1 saturated carbocycles. The second kappa shape index (κ2) is 6.25. The second-order valence-electron chi connectivity index (χ2n) is 7.48. The van der Waals surface area contributed by atoms with E-state index in [2.05, 4.69) is 29.3 Å². The van der Waals surface area contributed by atoms with Crippen molar-refractivity contribution >= 4 is 5.91 Å². The van der Waals surface area contributed by atoms with Crippen LogP contribution in [-0.2, 0) is 16.0 Å². The van der Waals surface area contributed by atoms with Gasteiger partial charge >= 0.3 is 0 Å². The average molecular weight is 314 g/mol. The maximum absolute atomic E-state index is 12.3. The molecule has 4 heteroatoms. The van der Waals surface area contributed by atoms with Crippen molar-refractivity contribution in [3.8, 4) is 0 Å². The van der Waals surface area contributed by atoms with Crippen LogP contribution in [-0.4, -0.2) is 48.7 Å². The van der Waals surface area contributed by atoms with Gasteiger partial charge in [-0.05, 0) is 37.7 Å². The summed E-state index contributed by atoms with van der Waals surface area (Å²) in [6.45, 7) is 4.94. The molecule has 1 aromatic rings. The van der Waals surface area contributed by atoms with Crippen molar-refractivity contribution in [2.24, 2.45) is 5.92 Å². The molecule has 3 atom stereocenters.